The maximum absolute atomic E-state index is 11.9. The van der Waals surface area contributed by atoms with Gasteiger partial charge in [0.25, 0.3) is 5.91 Å². The van der Waals surface area contributed by atoms with E-state index in [2.05, 4.69) is 11.9 Å². The van der Waals surface area contributed by atoms with Gasteiger partial charge in [0.2, 0.25) is 0 Å². The molecule has 1 fully saturated rings. The lowest BCUT2D eigenvalue weighted by Gasteiger charge is -2.14. The van der Waals surface area contributed by atoms with Gasteiger partial charge in [-0.2, -0.15) is 0 Å². The van der Waals surface area contributed by atoms with Crippen LogP contribution >= 0.6 is 0 Å². The number of carbonyl (C=O) groups is 1. The van der Waals surface area contributed by atoms with Crippen molar-refractivity contribution in [1.29, 1.82) is 0 Å². The van der Waals surface area contributed by atoms with Crippen LogP contribution in [0, 0.1) is 0 Å². The van der Waals surface area contributed by atoms with Crippen molar-refractivity contribution in [3.05, 3.63) is 29.6 Å². The normalized spacial score (nSPS) is 15.7. The monoisotopic (exact) mass is 204 g/mol. The molecule has 3 nitrogen and oxygen atoms in total. The summed E-state index contributed by atoms with van der Waals surface area (Å²) in [6.07, 6.45) is 4.87. The first-order valence-corrected chi connectivity index (χ1v) is 5.55. The molecule has 1 aliphatic rings. The van der Waals surface area contributed by atoms with Gasteiger partial charge < -0.3 is 4.90 Å². The van der Waals surface area contributed by atoms with E-state index in [0.717, 1.165) is 38.0 Å². The van der Waals surface area contributed by atoms with E-state index in [1.165, 1.54) is 0 Å². The van der Waals surface area contributed by atoms with Crippen molar-refractivity contribution in [3.8, 4) is 0 Å². The molecule has 3 heteroatoms. The second kappa shape index (κ2) is 4.43. The van der Waals surface area contributed by atoms with Gasteiger partial charge in [-0.15, -0.1) is 0 Å². The number of pyridine rings is 1. The summed E-state index contributed by atoms with van der Waals surface area (Å²) in [6, 6.07) is 3.82. The maximum Gasteiger partial charge on any atom is 0.255 e. The van der Waals surface area contributed by atoms with E-state index in [4.69, 9.17) is 0 Å². The Bertz CT molecular complexity index is 339. The van der Waals surface area contributed by atoms with Crippen LogP contribution in [-0.4, -0.2) is 28.9 Å². The molecule has 0 saturated carbocycles. The van der Waals surface area contributed by atoms with Crippen molar-refractivity contribution < 1.29 is 4.79 Å². The van der Waals surface area contributed by atoms with E-state index >= 15 is 0 Å². The van der Waals surface area contributed by atoms with Crippen LogP contribution in [0.4, 0.5) is 0 Å². The number of amides is 1. The summed E-state index contributed by atoms with van der Waals surface area (Å²) >= 11 is 0. The molecular weight excluding hydrogens is 188 g/mol. The van der Waals surface area contributed by atoms with Gasteiger partial charge in [0.1, 0.15) is 0 Å². The Balaban J connectivity index is 2.11. The lowest BCUT2D eigenvalue weighted by molar-refractivity contribution is 0.0792. The molecule has 1 aliphatic heterocycles. The first-order chi connectivity index (χ1) is 7.31. The molecular formula is C12H16N2O. The van der Waals surface area contributed by atoms with Crippen molar-refractivity contribution >= 4 is 5.91 Å². The minimum absolute atomic E-state index is 0.127. The third-order valence-electron chi connectivity index (χ3n) is 2.83. The van der Waals surface area contributed by atoms with E-state index in [1.54, 1.807) is 6.20 Å². The Labute approximate surface area is 90.1 Å². The zero-order valence-electron chi connectivity index (χ0n) is 9.07. The van der Waals surface area contributed by atoms with Crippen LogP contribution in [-0.2, 0) is 6.42 Å². The average molecular weight is 204 g/mol. The zero-order chi connectivity index (χ0) is 10.7. The van der Waals surface area contributed by atoms with Gasteiger partial charge in [-0.1, -0.05) is 6.92 Å². The van der Waals surface area contributed by atoms with Crippen molar-refractivity contribution in [2.24, 2.45) is 0 Å². The number of rotatable bonds is 2. The summed E-state index contributed by atoms with van der Waals surface area (Å²) < 4.78 is 0. The summed E-state index contributed by atoms with van der Waals surface area (Å²) in [4.78, 5) is 18.1. The number of likely N-dealkylation sites (tertiary alicyclic amines) is 1. The van der Waals surface area contributed by atoms with Crippen molar-refractivity contribution in [2.45, 2.75) is 26.2 Å². The lowest BCUT2D eigenvalue weighted by atomic mass is 10.2. The molecule has 1 amide bonds. The van der Waals surface area contributed by atoms with Crippen LogP contribution in [0.1, 0.15) is 35.8 Å². The van der Waals surface area contributed by atoms with Gasteiger partial charge in [0, 0.05) is 25.0 Å². The predicted molar refractivity (Wildman–Crippen MR) is 58.8 cm³/mol. The minimum atomic E-state index is 0.127. The lowest BCUT2D eigenvalue weighted by Crippen LogP contribution is -2.27. The number of carbonyl (C=O) groups excluding carboxylic acids is 1. The SMILES string of the molecule is CCc1ccc(C(=O)N2CCCC2)cn1. The smallest absolute Gasteiger partial charge is 0.255 e. The number of aryl methyl sites for hydroxylation is 1. The molecule has 0 radical (unpaired) electrons. The first-order valence-electron chi connectivity index (χ1n) is 5.55. The molecule has 2 rings (SSSR count). The topological polar surface area (TPSA) is 33.2 Å². The summed E-state index contributed by atoms with van der Waals surface area (Å²) in [6.45, 7) is 3.85. The van der Waals surface area contributed by atoms with Crippen LogP contribution in [0.3, 0.4) is 0 Å². The van der Waals surface area contributed by atoms with Crippen molar-refractivity contribution in [2.75, 3.05) is 13.1 Å². The van der Waals surface area contributed by atoms with Crippen molar-refractivity contribution in [1.82, 2.24) is 9.88 Å². The molecule has 0 aromatic carbocycles. The number of aromatic nitrogens is 1. The van der Waals surface area contributed by atoms with Gasteiger partial charge >= 0.3 is 0 Å². The fourth-order valence-corrected chi connectivity index (χ4v) is 1.86. The van der Waals surface area contributed by atoms with Gasteiger partial charge in [0.15, 0.2) is 0 Å². The van der Waals surface area contributed by atoms with Crippen LogP contribution in [0.2, 0.25) is 0 Å². The molecule has 15 heavy (non-hydrogen) atoms. The third kappa shape index (κ3) is 2.17. The highest BCUT2D eigenvalue weighted by Crippen LogP contribution is 2.12. The highest BCUT2D eigenvalue weighted by molar-refractivity contribution is 5.94. The van der Waals surface area contributed by atoms with Crippen molar-refractivity contribution in [3.63, 3.8) is 0 Å². The number of hydrogen-bond acceptors (Lipinski definition) is 2. The quantitative estimate of drug-likeness (QED) is 0.737. The van der Waals surface area contributed by atoms with Crippen LogP contribution in [0.5, 0.6) is 0 Å². The number of hydrogen-bond donors (Lipinski definition) is 0. The molecule has 2 heterocycles. The average Bonchev–Trinajstić information content (AvgIpc) is 2.82. The van der Waals surface area contributed by atoms with E-state index in [0.29, 0.717) is 5.56 Å². The highest BCUT2D eigenvalue weighted by atomic mass is 16.2. The molecule has 1 aromatic rings. The van der Waals surface area contributed by atoms with E-state index < -0.39 is 0 Å². The molecule has 0 aliphatic carbocycles. The van der Waals surface area contributed by atoms with E-state index in [9.17, 15) is 4.79 Å². The van der Waals surface area contributed by atoms with E-state index in [1.807, 2.05) is 17.0 Å². The van der Waals surface area contributed by atoms with Crippen LogP contribution in [0.15, 0.2) is 18.3 Å². The molecule has 0 N–H and O–H groups in total. The molecule has 80 valence electrons. The Morgan fingerprint density at radius 1 is 1.40 bits per heavy atom. The molecule has 0 atom stereocenters. The summed E-state index contributed by atoms with van der Waals surface area (Å²) in [5.74, 6) is 0.127. The predicted octanol–water partition coefficient (Wildman–Crippen LogP) is 1.88. The van der Waals surface area contributed by atoms with Gasteiger partial charge in [-0.25, -0.2) is 0 Å². The Morgan fingerprint density at radius 2 is 2.13 bits per heavy atom. The van der Waals surface area contributed by atoms with Crippen LogP contribution in [0.25, 0.3) is 0 Å². The summed E-state index contributed by atoms with van der Waals surface area (Å²) in [5.41, 5.74) is 1.75. The maximum atomic E-state index is 11.9. The van der Waals surface area contributed by atoms with E-state index in [-0.39, 0.29) is 5.91 Å². The molecule has 0 unspecified atom stereocenters. The Kier molecular flexibility index (Phi) is 2.99. The Hall–Kier alpha value is -1.38. The fourth-order valence-electron chi connectivity index (χ4n) is 1.86. The van der Waals surface area contributed by atoms with Crippen LogP contribution < -0.4 is 0 Å². The molecule has 0 bridgehead atoms. The summed E-state index contributed by atoms with van der Waals surface area (Å²) in [7, 11) is 0. The highest BCUT2D eigenvalue weighted by Gasteiger charge is 2.19. The molecule has 1 aromatic heterocycles. The molecule has 0 spiro atoms. The second-order valence-electron chi connectivity index (χ2n) is 3.89. The Morgan fingerprint density at radius 3 is 2.67 bits per heavy atom. The zero-order valence-corrected chi connectivity index (χ0v) is 9.07. The second-order valence-corrected chi connectivity index (χ2v) is 3.89. The van der Waals surface area contributed by atoms with Gasteiger partial charge in [-0.05, 0) is 31.4 Å². The van der Waals surface area contributed by atoms with Gasteiger partial charge in [-0.3, -0.25) is 9.78 Å². The number of nitrogens with zero attached hydrogens (tertiary/aromatic N) is 2. The third-order valence-corrected chi connectivity index (χ3v) is 2.83. The summed E-state index contributed by atoms with van der Waals surface area (Å²) in [5, 5.41) is 0. The fraction of sp³-hybridized carbons (Fsp3) is 0.500. The minimum Gasteiger partial charge on any atom is -0.339 e. The largest absolute Gasteiger partial charge is 0.339 e. The standard InChI is InChI=1S/C12H16N2O/c1-2-11-6-5-10(9-13-11)12(15)14-7-3-4-8-14/h5-6,9H,2-4,7-8H2,1H3. The van der Waals surface area contributed by atoms with Gasteiger partial charge in [0.05, 0.1) is 5.56 Å². The first kappa shape index (κ1) is 10.1. The molecule has 1 saturated heterocycles.